The molecule has 168 valence electrons. The van der Waals surface area contributed by atoms with Crippen LogP contribution in [-0.4, -0.2) is 15.6 Å². The number of pyridine rings is 1. The number of halogens is 5. The molecule has 3 rings (SSSR count). The summed E-state index contributed by atoms with van der Waals surface area (Å²) >= 11 is 13.4. The highest BCUT2D eigenvalue weighted by atomic mass is 35.5. The summed E-state index contributed by atoms with van der Waals surface area (Å²) in [5.41, 5.74) is 0.166. The zero-order valence-electron chi connectivity index (χ0n) is 16.3. The van der Waals surface area contributed by atoms with Crippen molar-refractivity contribution in [2.24, 2.45) is 0 Å². The van der Waals surface area contributed by atoms with Crippen LogP contribution in [0.3, 0.4) is 0 Å². The lowest BCUT2D eigenvalue weighted by Gasteiger charge is -2.16. The van der Waals surface area contributed by atoms with Crippen LogP contribution in [0.25, 0.3) is 0 Å². The molecule has 0 saturated heterocycles. The normalized spacial score (nSPS) is 11.5. The number of nitrogens with zero attached hydrogens (tertiary/aromatic N) is 1. The molecular weight excluding hydrogens is 486 g/mol. The monoisotopic (exact) mass is 501 g/mol. The van der Waals surface area contributed by atoms with Gasteiger partial charge in [-0.25, -0.2) is 4.79 Å². The van der Waals surface area contributed by atoms with Crippen LogP contribution < -0.4 is 5.56 Å². The first kappa shape index (κ1) is 24.2. The van der Waals surface area contributed by atoms with Gasteiger partial charge in [-0.05, 0) is 48.4 Å². The van der Waals surface area contributed by atoms with Gasteiger partial charge in [0, 0.05) is 17.2 Å². The van der Waals surface area contributed by atoms with Crippen molar-refractivity contribution in [2.75, 3.05) is 0 Å². The lowest BCUT2D eigenvalue weighted by molar-refractivity contribution is -0.137. The number of benzene rings is 2. The summed E-state index contributed by atoms with van der Waals surface area (Å²) in [5, 5.41) is 9.16. The quantitative estimate of drug-likeness (QED) is 0.380. The molecule has 2 aromatic carbocycles. The molecule has 32 heavy (non-hydrogen) atoms. The standard InChI is InChI=1S/C22H16Cl2F3NO3S/c23-17-11-18(24)20(29)28(9-8-13-4-6-14(7-5-13)21(30)31)19(17)12-32-16-3-1-2-15(10-16)22(25,26)27/h1-7,10-11H,8-9,12H2,(H,30,31). The van der Waals surface area contributed by atoms with E-state index in [0.29, 0.717) is 17.0 Å². The number of aromatic carboxylic acids is 1. The predicted octanol–water partition coefficient (Wildman–Crippen LogP) is 6.41. The highest BCUT2D eigenvalue weighted by molar-refractivity contribution is 7.98. The summed E-state index contributed by atoms with van der Waals surface area (Å²) in [7, 11) is 0. The number of hydrogen-bond donors (Lipinski definition) is 1. The topological polar surface area (TPSA) is 59.3 Å². The number of hydrogen-bond acceptors (Lipinski definition) is 3. The van der Waals surface area contributed by atoms with E-state index in [2.05, 4.69) is 0 Å². The van der Waals surface area contributed by atoms with Crippen molar-refractivity contribution >= 4 is 40.9 Å². The SMILES string of the molecule is O=C(O)c1ccc(CCn2c(CSc3cccc(C(F)(F)F)c3)c(Cl)cc(Cl)c2=O)cc1. The molecule has 0 amide bonds. The third-order valence-corrected chi connectivity index (χ3v) is 6.27. The van der Waals surface area contributed by atoms with Gasteiger partial charge in [0.05, 0.1) is 21.8 Å². The number of rotatable bonds is 7. The first-order valence-corrected chi connectivity index (χ1v) is 11.0. The Morgan fingerprint density at radius 2 is 1.72 bits per heavy atom. The number of carboxylic acids is 1. The number of alkyl halides is 3. The predicted molar refractivity (Wildman–Crippen MR) is 119 cm³/mol. The second-order valence-corrected chi connectivity index (χ2v) is 8.67. The van der Waals surface area contributed by atoms with Crippen LogP contribution in [0.1, 0.15) is 27.2 Å². The fourth-order valence-corrected chi connectivity index (χ4v) is 4.61. The maximum absolute atomic E-state index is 13.0. The van der Waals surface area contributed by atoms with Crippen molar-refractivity contribution in [3.63, 3.8) is 0 Å². The highest BCUT2D eigenvalue weighted by Gasteiger charge is 2.30. The second-order valence-electron chi connectivity index (χ2n) is 6.81. The highest BCUT2D eigenvalue weighted by Crippen LogP contribution is 2.33. The lowest BCUT2D eigenvalue weighted by atomic mass is 10.1. The Kier molecular flexibility index (Phi) is 7.59. The molecule has 0 spiro atoms. The molecule has 10 heteroatoms. The van der Waals surface area contributed by atoms with Crippen LogP contribution in [0.15, 0.2) is 64.3 Å². The molecular formula is C22H16Cl2F3NO3S. The molecule has 0 unspecified atom stereocenters. The van der Waals surface area contributed by atoms with Gasteiger partial charge in [-0.2, -0.15) is 13.2 Å². The molecule has 1 heterocycles. The minimum atomic E-state index is -4.45. The van der Waals surface area contributed by atoms with Crippen molar-refractivity contribution in [3.8, 4) is 0 Å². The molecule has 0 aliphatic rings. The van der Waals surface area contributed by atoms with Gasteiger partial charge in [0.2, 0.25) is 0 Å². The summed E-state index contributed by atoms with van der Waals surface area (Å²) in [4.78, 5) is 24.0. The minimum Gasteiger partial charge on any atom is -0.478 e. The molecule has 0 radical (unpaired) electrons. The third kappa shape index (κ3) is 5.88. The van der Waals surface area contributed by atoms with Gasteiger partial charge in [-0.15, -0.1) is 11.8 Å². The van der Waals surface area contributed by atoms with Crippen LogP contribution in [0.2, 0.25) is 10.0 Å². The Balaban J connectivity index is 1.83. The molecule has 1 aromatic heterocycles. The van der Waals surface area contributed by atoms with Crippen LogP contribution >= 0.6 is 35.0 Å². The Labute approximate surface area is 195 Å². The number of thioether (sulfide) groups is 1. The van der Waals surface area contributed by atoms with E-state index < -0.39 is 23.3 Å². The van der Waals surface area contributed by atoms with Crippen molar-refractivity contribution < 1.29 is 23.1 Å². The van der Waals surface area contributed by atoms with Crippen molar-refractivity contribution in [1.29, 1.82) is 0 Å². The van der Waals surface area contributed by atoms with Gasteiger partial charge < -0.3 is 9.67 Å². The Bertz CT molecular complexity index is 1190. The van der Waals surface area contributed by atoms with E-state index in [9.17, 15) is 22.8 Å². The molecule has 0 aliphatic carbocycles. The number of carbonyl (C=O) groups is 1. The van der Waals surface area contributed by atoms with Crippen LogP contribution in [0.4, 0.5) is 13.2 Å². The maximum atomic E-state index is 13.0. The van der Waals surface area contributed by atoms with E-state index >= 15 is 0 Å². The Morgan fingerprint density at radius 1 is 1.03 bits per heavy atom. The Morgan fingerprint density at radius 3 is 2.34 bits per heavy atom. The van der Waals surface area contributed by atoms with Gasteiger partial charge in [0.1, 0.15) is 5.02 Å². The summed E-state index contributed by atoms with van der Waals surface area (Å²) in [6.45, 7) is 0.212. The van der Waals surface area contributed by atoms with E-state index in [1.165, 1.54) is 28.8 Å². The molecule has 1 N–H and O–H groups in total. The van der Waals surface area contributed by atoms with Crippen molar-refractivity contribution in [2.45, 2.75) is 29.8 Å². The fraction of sp³-hybridized carbons (Fsp3) is 0.182. The largest absolute Gasteiger partial charge is 0.478 e. The molecule has 3 aromatic rings. The van der Waals surface area contributed by atoms with Gasteiger partial charge in [-0.1, -0.05) is 41.4 Å². The van der Waals surface area contributed by atoms with E-state index in [4.69, 9.17) is 28.3 Å². The van der Waals surface area contributed by atoms with E-state index in [1.54, 1.807) is 18.2 Å². The number of carboxylic acid groups (broad SMARTS) is 1. The lowest BCUT2D eigenvalue weighted by Crippen LogP contribution is -2.25. The van der Waals surface area contributed by atoms with Gasteiger partial charge in [-0.3, -0.25) is 4.79 Å². The summed E-state index contributed by atoms with van der Waals surface area (Å²) in [5.74, 6) is -0.881. The molecule has 0 fully saturated rings. The van der Waals surface area contributed by atoms with Crippen LogP contribution in [0, 0.1) is 0 Å². The van der Waals surface area contributed by atoms with Crippen molar-refractivity contribution in [3.05, 3.63) is 97.4 Å². The minimum absolute atomic E-state index is 0.0657. The van der Waals surface area contributed by atoms with Crippen molar-refractivity contribution in [1.82, 2.24) is 4.57 Å². The molecule has 0 aliphatic heterocycles. The number of aryl methyl sites for hydroxylation is 1. The molecule has 0 atom stereocenters. The molecule has 0 bridgehead atoms. The Hall–Kier alpha value is -2.42. The summed E-state index contributed by atoms with van der Waals surface area (Å²) < 4.78 is 40.3. The first-order valence-electron chi connectivity index (χ1n) is 9.26. The van der Waals surface area contributed by atoms with E-state index in [1.807, 2.05) is 0 Å². The van der Waals surface area contributed by atoms with E-state index in [-0.39, 0.29) is 27.9 Å². The summed E-state index contributed by atoms with van der Waals surface area (Å²) in [6.07, 6.45) is -4.05. The summed E-state index contributed by atoms with van der Waals surface area (Å²) in [6, 6.07) is 12.5. The van der Waals surface area contributed by atoms with Gasteiger partial charge in [0.15, 0.2) is 0 Å². The maximum Gasteiger partial charge on any atom is 0.416 e. The fourth-order valence-electron chi connectivity index (χ4n) is 2.99. The van der Waals surface area contributed by atoms with Gasteiger partial charge in [0.25, 0.3) is 5.56 Å². The van der Waals surface area contributed by atoms with Crippen LogP contribution in [0.5, 0.6) is 0 Å². The van der Waals surface area contributed by atoms with E-state index in [0.717, 1.165) is 29.5 Å². The zero-order chi connectivity index (χ0) is 23.5. The zero-order valence-corrected chi connectivity index (χ0v) is 18.7. The molecule has 0 saturated carbocycles. The number of aromatic nitrogens is 1. The third-order valence-electron chi connectivity index (χ3n) is 4.67. The first-order chi connectivity index (χ1) is 15.1. The van der Waals surface area contributed by atoms with Gasteiger partial charge >= 0.3 is 12.1 Å². The molecule has 4 nitrogen and oxygen atoms in total. The average molecular weight is 502 g/mol. The smallest absolute Gasteiger partial charge is 0.416 e. The average Bonchev–Trinajstić information content (AvgIpc) is 2.74. The van der Waals surface area contributed by atoms with Crippen LogP contribution in [-0.2, 0) is 24.9 Å². The second kappa shape index (κ2) is 10.0.